The fraction of sp³-hybridized carbons (Fsp3) is 0. The molecule has 2 aliphatic rings. The molecule has 0 saturated carbocycles. The van der Waals surface area contributed by atoms with Crippen molar-refractivity contribution in [2.24, 2.45) is 0 Å². The molecule has 0 aromatic carbocycles. The Hall–Kier alpha value is -2.18. The molecule has 1 aromatic heterocycles. The molecule has 0 radical (unpaired) electrons. The first kappa shape index (κ1) is 6.35. The van der Waals surface area contributed by atoms with E-state index in [1.54, 1.807) is 6.20 Å². The van der Waals surface area contributed by atoms with Gasteiger partial charge in [-0.3, -0.25) is 5.10 Å². The molecular weight excluding hydrogens is 172 g/mol. The van der Waals surface area contributed by atoms with Crippen molar-refractivity contribution in [1.29, 1.82) is 0 Å². The Morgan fingerprint density at radius 1 is 1.38 bits per heavy atom. The zero-order valence-corrected chi connectivity index (χ0v) is 6.35. The number of aromatic amines is 2. The van der Waals surface area contributed by atoms with Crippen molar-refractivity contribution in [2.75, 3.05) is 0 Å². The van der Waals surface area contributed by atoms with Gasteiger partial charge in [-0.05, 0) is 0 Å². The molecule has 0 spiro atoms. The highest BCUT2D eigenvalue weighted by molar-refractivity contribution is 5.71. The number of aromatic nitrogens is 6. The van der Waals surface area contributed by atoms with Crippen molar-refractivity contribution in [3.63, 3.8) is 0 Å². The largest absolute Gasteiger partial charge is 0.347 e. The fourth-order valence-corrected chi connectivity index (χ4v) is 1.27. The third-order valence-corrected chi connectivity index (χ3v) is 1.88. The van der Waals surface area contributed by atoms with Gasteiger partial charge in [0.1, 0.15) is 12.0 Å². The van der Waals surface area contributed by atoms with Gasteiger partial charge >= 0.3 is 5.69 Å². The molecule has 1 aromatic rings. The van der Waals surface area contributed by atoms with Crippen LogP contribution in [0, 0.1) is 0 Å². The van der Waals surface area contributed by atoms with Crippen molar-refractivity contribution in [3.05, 3.63) is 23.0 Å². The van der Waals surface area contributed by atoms with Crippen molar-refractivity contribution in [2.45, 2.75) is 0 Å². The summed E-state index contributed by atoms with van der Waals surface area (Å²) in [5, 5.41) is 12.6. The van der Waals surface area contributed by atoms with Crippen LogP contribution in [0.5, 0.6) is 0 Å². The Labute approximate surface area is 70.8 Å². The molecular formula is C6H4N6O. The van der Waals surface area contributed by atoms with Crippen LogP contribution in [-0.2, 0) is 0 Å². The Balaban J connectivity index is 2.66. The van der Waals surface area contributed by atoms with Crippen LogP contribution >= 0.6 is 0 Å². The van der Waals surface area contributed by atoms with Crippen LogP contribution in [0.1, 0.15) is 0 Å². The molecule has 0 fully saturated rings. The summed E-state index contributed by atoms with van der Waals surface area (Å²) in [6.07, 6.45) is 2.96. The number of H-pyrrole nitrogens is 2. The minimum atomic E-state index is -0.259. The second-order valence-corrected chi connectivity index (χ2v) is 2.60. The second-order valence-electron chi connectivity index (χ2n) is 2.60. The van der Waals surface area contributed by atoms with Crippen molar-refractivity contribution >= 4 is 5.65 Å². The first-order valence-corrected chi connectivity index (χ1v) is 3.61. The molecule has 0 bridgehead atoms. The highest BCUT2D eigenvalue weighted by Gasteiger charge is 2.12. The van der Waals surface area contributed by atoms with Gasteiger partial charge in [0.05, 0.1) is 11.8 Å². The SMILES string of the molecule is O=c1[nH][nH]c2c3cnnc-3ncn12. The van der Waals surface area contributed by atoms with E-state index in [2.05, 4.69) is 25.4 Å². The molecule has 0 aliphatic carbocycles. The molecule has 64 valence electrons. The number of nitrogens with zero attached hydrogens (tertiary/aromatic N) is 4. The lowest BCUT2D eigenvalue weighted by Gasteiger charge is -1.94. The van der Waals surface area contributed by atoms with Crippen LogP contribution in [0.15, 0.2) is 17.3 Å². The maximum atomic E-state index is 11.1. The third kappa shape index (κ3) is 0.675. The van der Waals surface area contributed by atoms with Gasteiger partial charge in [0, 0.05) is 0 Å². The monoisotopic (exact) mass is 176 g/mol. The molecule has 3 rings (SSSR count). The Kier molecular flexibility index (Phi) is 0.950. The Morgan fingerprint density at radius 3 is 3.23 bits per heavy atom. The standard InChI is InChI=1S/C6H4N6O/c13-6-11-10-5-3-1-8-9-4(3)7-2-12(5)6/h1-2,10H,(H,11,13). The van der Waals surface area contributed by atoms with E-state index in [4.69, 9.17) is 0 Å². The zero-order chi connectivity index (χ0) is 8.84. The topological polar surface area (TPSA) is 91.7 Å². The number of hydrogen-bond donors (Lipinski definition) is 2. The van der Waals surface area contributed by atoms with Gasteiger partial charge in [-0.15, -0.1) is 5.10 Å². The summed E-state index contributed by atoms with van der Waals surface area (Å²) in [7, 11) is 0. The summed E-state index contributed by atoms with van der Waals surface area (Å²) in [5.74, 6) is 0.523. The van der Waals surface area contributed by atoms with Gasteiger partial charge in [-0.1, -0.05) is 0 Å². The predicted molar refractivity (Wildman–Crippen MR) is 42.4 cm³/mol. The van der Waals surface area contributed by atoms with Crippen molar-refractivity contribution in [3.8, 4) is 11.4 Å². The predicted octanol–water partition coefficient (Wildman–Crippen LogP) is -0.755. The lowest BCUT2D eigenvalue weighted by atomic mass is 10.3. The molecule has 13 heavy (non-hydrogen) atoms. The van der Waals surface area contributed by atoms with Crippen LogP contribution < -0.4 is 5.69 Å². The maximum Gasteiger partial charge on any atom is 0.347 e. The minimum Gasteiger partial charge on any atom is -0.281 e. The van der Waals surface area contributed by atoms with Crippen LogP contribution in [0.3, 0.4) is 0 Å². The summed E-state index contributed by atoms with van der Waals surface area (Å²) in [6, 6.07) is 0. The normalized spacial score (nSPS) is 11.4. The van der Waals surface area contributed by atoms with E-state index in [0.29, 0.717) is 11.5 Å². The van der Waals surface area contributed by atoms with Gasteiger partial charge in [0.2, 0.25) is 0 Å². The highest BCUT2D eigenvalue weighted by atomic mass is 16.1. The summed E-state index contributed by atoms with van der Waals surface area (Å²) in [5.41, 5.74) is 1.09. The Bertz CT molecular complexity index is 589. The lowest BCUT2D eigenvalue weighted by molar-refractivity contribution is 0.983. The van der Waals surface area contributed by atoms with Crippen LogP contribution in [0.25, 0.3) is 17.0 Å². The summed E-state index contributed by atoms with van der Waals surface area (Å²) < 4.78 is 1.37. The zero-order valence-electron chi connectivity index (χ0n) is 6.35. The van der Waals surface area contributed by atoms with Gasteiger partial charge in [-0.2, -0.15) is 5.10 Å². The first-order chi connectivity index (χ1) is 6.36. The minimum absolute atomic E-state index is 0.259. The van der Waals surface area contributed by atoms with Gasteiger partial charge < -0.3 is 0 Å². The van der Waals surface area contributed by atoms with E-state index in [9.17, 15) is 4.79 Å². The van der Waals surface area contributed by atoms with Crippen molar-refractivity contribution < 1.29 is 0 Å². The number of fused-ring (bicyclic) bond motifs is 3. The maximum absolute atomic E-state index is 11.1. The number of nitrogens with one attached hydrogen (secondary N) is 2. The van der Waals surface area contributed by atoms with E-state index in [-0.39, 0.29) is 5.69 Å². The van der Waals surface area contributed by atoms with Crippen LogP contribution in [0.2, 0.25) is 0 Å². The fourth-order valence-electron chi connectivity index (χ4n) is 1.27. The molecule has 0 unspecified atom stereocenters. The summed E-state index contributed by atoms with van der Waals surface area (Å²) in [4.78, 5) is 15.1. The smallest absolute Gasteiger partial charge is 0.281 e. The molecule has 7 nitrogen and oxygen atoms in total. The van der Waals surface area contributed by atoms with Crippen LogP contribution in [-0.4, -0.2) is 29.8 Å². The van der Waals surface area contributed by atoms with Gasteiger partial charge in [-0.25, -0.2) is 19.3 Å². The second kappa shape index (κ2) is 1.94. The van der Waals surface area contributed by atoms with E-state index in [1.807, 2.05) is 0 Å². The number of hydrogen-bond acceptors (Lipinski definition) is 4. The number of rotatable bonds is 0. The molecule has 7 heteroatoms. The molecule has 3 heterocycles. The summed E-state index contributed by atoms with van der Waals surface area (Å²) in [6.45, 7) is 0. The van der Waals surface area contributed by atoms with E-state index < -0.39 is 0 Å². The quantitative estimate of drug-likeness (QED) is 0.471. The van der Waals surface area contributed by atoms with Crippen molar-refractivity contribution in [1.82, 2.24) is 29.8 Å². The first-order valence-electron chi connectivity index (χ1n) is 3.61. The molecule has 2 aliphatic heterocycles. The highest BCUT2D eigenvalue weighted by Crippen LogP contribution is 2.17. The molecule has 0 saturated heterocycles. The van der Waals surface area contributed by atoms with E-state index >= 15 is 0 Å². The van der Waals surface area contributed by atoms with E-state index in [1.165, 1.54) is 10.7 Å². The molecule has 0 atom stereocenters. The van der Waals surface area contributed by atoms with E-state index in [0.717, 1.165) is 5.56 Å². The Morgan fingerprint density at radius 2 is 2.31 bits per heavy atom. The average Bonchev–Trinajstić information content (AvgIpc) is 2.70. The molecule has 2 N–H and O–H groups in total. The van der Waals surface area contributed by atoms with Crippen LogP contribution in [0.4, 0.5) is 0 Å². The average molecular weight is 176 g/mol. The lowest BCUT2D eigenvalue weighted by Crippen LogP contribution is -2.09. The summed E-state index contributed by atoms with van der Waals surface area (Å²) >= 11 is 0. The van der Waals surface area contributed by atoms with Gasteiger partial charge in [0.15, 0.2) is 5.82 Å². The third-order valence-electron chi connectivity index (χ3n) is 1.88. The molecule has 0 amide bonds. The van der Waals surface area contributed by atoms with Gasteiger partial charge in [0.25, 0.3) is 0 Å².